The van der Waals surface area contributed by atoms with Gasteiger partial charge in [0.25, 0.3) is 0 Å². The number of carboxylic acid groups (broad SMARTS) is 2. The van der Waals surface area contributed by atoms with Crippen molar-refractivity contribution < 1.29 is 86.6 Å². The lowest BCUT2D eigenvalue weighted by Gasteiger charge is -2.23. The number of alkyl carbamates (subject to hydrolysis) is 2. The van der Waals surface area contributed by atoms with E-state index in [1.807, 2.05) is 36.4 Å². The van der Waals surface area contributed by atoms with Crippen LogP contribution in [-0.4, -0.2) is 197 Å². The van der Waals surface area contributed by atoms with Crippen LogP contribution in [0.15, 0.2) is 85.2 Å². The van der Waals surface area contributed by atoms with Gasteiger partial charge in [-0.05, 0) is 149 Å². The second-order valence-electron chi connectivity index (χ2n) is 23.6. The molecule has 30 nitrogen and oxygen atoms in total. The molecule has 4 aromatic rings. The summed E-state index contributed by atoms with van der Waals surface area (Å²) in [5.74, 6) is -3.25. The van der Waals surface area contributed by atoms with Gasteiger partial charge in [-0.2, -0.15) is 0 Å². The van der Waals surface area contributed by atoms with Crippen LogP contribution in [0.4, 0.5) is 21.2 Å². The van der Waals surface area contributed by atoms with E-state index in [1.54, 1.807) is 12.4 Å². The van der Waals surface area contributed by atoms with E-state index >= 15 is 0 Å². The third kappa shape index (κ3) is 43.0. The monoisotopic (exact) mass is 1530 g/mol. The number of unbranched alkanes of at least 4 members (excludes halogenated alkanes) is 5. The molecule has 0 aliphatic rings. The Hall–Kier alpha value is -8.36. The number of hydrogen-bond donors (Lipinski definition) is 12. The molecule has 104 heavy (non-hydrogen) atoms. The van der Waals surface area contributed by atoms with Crippen molar-refractivity contribution in [2.45, 2.75) is 140 Å². The van der Waals surface area contributed by atoms with Crippen molar-refractivity contribution in [2.75, 3.05) is 116 Å². The van der Waals surface area contributed by atoms with E-state index in [-0.39, 0.29) is 148 Å². The van der Waals surface area contributed by atoms with Crippen LogP contribution < -0.4 is 53.2 Å². The van der Waals surface area contributed by atoms with E-state index in [0.717, 1.165) is 11.6 Å². The first-order chi connectivity index (χ1) is 50.2. The number of aliphatic carboxylic acids is 2. The van der Waals surface area contributed by atoms with Gasteiger partial charge in [0.05, 0.1) is 77.8 Å². The number of carbonyl (C=O) groups excluding carboxylic acids is 8. The van der Waals surface area contributed by atoms with E-state index in [1.165, 1.54) is 36.4 Å². The summed E-state index contributed by atoms with van der Waals surface area (Å²) in [4.78, 5) is 135. The van der Waals surface area contributed by atoms with Crippen LogP contribution in [0.25, 0.3) is 0 Å². The average Bonchev–Trinajstić information content (AvgIpc) is 0.850. The number of carbonyl (C=O) groups is 10. The molecule has 0 fully saturated rings. The third-order valence-corrected chi connectivity index (χ3v) is 16.0. The van der Waals surface area contributed by atoms with Crippen LogP contribution in [-0.2, 0) is 66.8 Å². The number of anilines is 2. The molecule has 2 heterocycles. The van der Waals surface area contributed by atoms with Gasteiger partial charge >= 0.3 is 24.1 Å². The highest BCUT2D eigenvalue weighted by molar-refractivity contribution is 6.35. The maximum absolute atomic E-state index is 13.7. The number of carboxylic acids is 2. The molecular weight excluding hydrogens is 1440 g/mol. The maximum atomic E-state index is 13.7. The zero-order valence-corrected chi connectivity index (χ0v) is 61.3. The van der Waals surface area contributed by atoms with E-state index in [4.69, 9.17) is 74.8 Å². The molecule has 0 radical (unpaired) electrons. The fourth-order valence-electron chi connectivity index (χ4n) is 9.88. The Labute approximate surface area is 625 Å². The molecule has 2 aromatic carbocycles. The molecule has 4 rings (SSSR count). The van der Waals surface area contributed by atoms with Gasteiger partial charge in [0.15, 0.2) is 0 Å². The average molecular weight is 1540 g/mol. The van der Waals surface area contributed by atoms with Gasteiger partial charge in [-0.1, -0.05) is 58.5 Å². The van der Waals surface area contributed by atoms with Crippen molar-refractivity contribution >= 4 is 118 Å². The largest absolute Gasteiger partial charge is 0.481 e. The standard InChI is InChI=1S/C70H98Cl4N12O18/c71-51-41-49(42-52(72)45-51)57(47-65(91)92)85-67(95)55(83-63(89)19-5-11-25-77-59-17-3-9-23-75-59)15-1-7-27-79-61(87)21-31-99-33-35-101-37-39-103-69(97)81-29-13-14-30-82-70(98)104-40-38-102-36-34-100-32-22-62(88)80-28-8-2-16-56(84-64(90)20-6-12-26-78-60-18-4-10-24-76-60)68(96)86-58(48-66(93)94)50-43-53(73)46-54(74)44-50/h3-4,9-10,17-18,23-24,41-46,55-58H,1-2,5-8,11-16,19-22,25-40,47-48H2,(H,75,77)(H,76,78)(H,79,87)(H,80,88)(H,81,97)(H,82,98)(H,83,89)(H,84,90)(H,85,95)(H,86,96)(H,91,92)(H,93,94)/t55-,56-,57?,58?/m0/s1. The highest BCUT2D eigenvalue weighted by Gasteiger charge is 2.28. The Bertz CT molecular complexity index is 2980. The van der Waals surface area contributed by atoms with Crippen LogP contribution in [0.2, 0.25) is 20.1 Å². The van der Waals surface area contributed by atoms with Crippen molar-refractivity contribution in [3.8, 4) is 0 Å². The summed E-state index contributed by atoms with van der Waals surface area (Å²) in [5.41, 5.74) is 0.781. The van der Waals surface area contributed by atoms with Gasteiger partial charge < -0.3 is 91.8 Å². The van der Waals surface area contributed by atoms with Gasteiger partial charge in [0.2, 0.25) is 35.4 Å². The van der Waals surface area contributed by atoms with Crippen molar-refractivity contribution in [1.29, 1.82) is 0 Å². The molecule has 2 aromatic heterocycles. The molecule has 0 bridgehead atoms. The molecular formula is C70H98Cl4N12O18. The van der Waals surface area contributed by atoms with Crippen molar-refractivity contribution in [3.05, 3.63) is 116 Å². The number of rotatable bonds is 57. The summed E-state index contributed by atoms with van der Waals surface area (Å²) < 4.78 is 32.1. The van der Waals surface area contributed by atoms with Gasteiger partial charge in [0, 0.05) is 97.4 Å². The molecule has 34 heteroatoms. The molecule has 0 saturated heterocycles. The summed E-state index contributed by atoms with van der Waals surface area (Å²) >= 11 is 24.7. The highest BCUT2D eigenvalue weighted by atomic mass is 35.5. The summed E-state index contributed by atoms with van der Waals surface area (Å²) in [7, 11) is 0. The van der Waals surface area contributed by atoms with Crippen LogP contribution in [0.1, 0.15) is 139 Å². The first kappa shape index (κ1) is 88.0. The minimum absolute atomic E-state index is 0.00483. The Balaban J connectivity index is 0.950. The van der Waals surface area contributed by atoms with E-state index in [0.29, 0.717) is 115 Å². The molecule has 0 saturated carbocycles. The number of aromatic nitrogens is 2. The van der Waals surface area contributed by atoms with E-state index in [2.05, 4.69) is 63.1 Å². The molecule has 0 spiro atoms. The van der Waals surface area contributed by atoms with Crippen molar-refractivity contribution in [3.63, 3.8) is 0 Å². The number of ether oxygens (including phenoxy) is 6. The SMILES string of the molecule is O=C(O)CC(NC(=O)[C@H](CCCCNC(=O)CCOCCOCCOC(=O)NCCCCNC(=O)OCCOCCOCCC(=O)NCCCC[C@H](NC(=O)CCCCNc1ccccn1)C(=O)NC(CC(=O)O)c1cc(Cl)cc(Cl)c1)NC(=O)CCCCNc1ccccn1)c1cc(Cl)cc(Cl)c1. The molecule has 574 valence electrons. The lowest BCUT2D eigenvalue weighted by molar-refractivity contribution is -0.139. The van der Waals surface area contributed by atoms with Gasteiger partial charge in [-0.15, -0.1) is 0 Å². The number of halogens is 4. The topological polar surface area (TPSA) is 413 Å². The van der Waals surface area contributed by atoms with Crippen LogP contribution in [0.3, 0.4) is 0 Å². The molecule has 2 unspecified atom stereocenters. The first-order valence-electron chi connectivity index (χ1n) is 34.7. The summed E-state index contributed by atoms with van der Waals surface area (Å²) in [6.07, 6.45) is 7.41. The number of nitrogens with one attached hydrogen (secondary N) is 10. The highest BCUT2D eigenvalue weighted by Crippen LogP contribution is 2.28. The summed E-state index contributed by atoms with van der Waals surface area (Å²) in [5, 5.41) is 48.7. The minimum Gasteiger partial charge on any atom is -0.481 e. The number of benzene rings is 2. The zero-order valence-electron chi connectivity index (χ0n) is 58.3. The molecule has 0 aliphatic carbocycles. The Morgan fingerprint density at radius 1 is 0.375 bits per heavy atom. The fourth-order valence-corrected chi connectivity index (χ4v) is 11.0. The molecule has 0 aliphatic heterocycles. The van der Waals surface area contributed by atoms with Gasteiger partial charge in [0.1, 0.15) is 36.9 Å². The first-order valence-corrected chi connectivity index (χ1v) is 36.2. The Kier molecular flexibility index (Phi) is 46.0. The van der Waals surface area contributed by atoms with Gasteiger partial charge in [-0.3, -0.25) is 38.4 Å². The minimum atomic E-state index is -1.17. The van der Waals surface area contributed by atoms with Crippen molar-refractivity contribution in [1.82, 2.24) is 52.5 Å². The Morgan fingerprint density at radius 3 is 1.09 bits per heavy atom. The van der Waals surface area contributed by atoms with E-state index in [9.17, 15) is 58.2 Å². The lowest BCUT2D eigenvalue weighted by atomic mass is 10.0. The number of hydrogen-bond acceptors (Lipinski definition) is 20. The van der Waals surface area contributed by atoms with Crippen LogP contribution in [0, 0.1) is 0 Å². The Morgan fingerprint density at radius 2 is 0.721 bits per heavy atom. The maximum Gasteiger partial charge on any atom is 0.407 e. The van der Waals surface area contributed by atoms with Crippen LogP contribution >= 0.6 is 46.4 Å². The van der Waals surface area contributed by atoms with E-state index < -0.39 is 72.9 Å². The quantitative estimate of drug-likeness (QED) is 0.0185. The number of pyridine rings is 2. The predicted molar refractivity (Wildman–Crippen MR) is 390 cm³/mol. The van der Waals surface area contributed by atoms with Crippen molar-refractivity contribution in [2.24, 2.45) is 0 Å². The molecule has 12 N–H and O–H groups in total. The van der Waals surface area contributed by atoms with Crippen LogP contribution in [0.5, 0.6) is 0 Å². The second-order valence-corrected chi connectivity index (χ2v) is 25.4. The predicted octanol–water partition coefficient (Wildman–Crippen LogP) is 8.24. The summed E-state index contributed by atoms with van der Waals surface area (Å²) in [6, 6.07) is 16.1. The smallest absolute Gasteiger partial charge is 0.407 e. The molecule has 8 amide bonds. The fraction of sp³-hybridized carbons (Fsp3) is 0.543. The van der Waals surface area contributed by atoms with Gasteiger partial charge in [-0.25, -0.2) is 19.6 Å². The lowest BCUT2D eigenvalue weighted by Crippen LogP contribution is -2.48. The third-order valence-electron chi connectivity index (χ3n) is 15.1. The number of nitrogens with zero attached hydrogens (tertiary/aromatic N) is 2. The normalized spacial score (nSPS) is 12.1. The second kappa shape index (κ2) is 54.3. The molecule has 4 atom stereocenters. The summed E-state index contributed by atoms with van der Waals surface area (Å²) in [6.45, 7) is 3.66. The number of amides is 8. The zero-order chi connectivity index (χ0) is 75.4.